The molecule has 2 bridgehead atoms. The molecule has 2 atom stereocenters. The van der Waals surface area contributed by atoms with Crippen LogP contribution in [0.5, 0.6) is 0 Å². The van der Waals surface area contributed by atoms with Gasteiger partial charge in [0, 0.05) is 20.1 Å². The second-order valence-corrected chi connectivity index (χ2v) is 9.58. The molecule has 1 fully saturated rings. The van der Waals surface area contributed by atoms with E-state index in [9.17, 15) is 9.59 Å². The normalized spacial score (nSPS) is 26.6. The number of imide groups is 1. The Hall–Kier alpha value is -3.28. The number of aryl methyl sites for hydroxylation is 1. The first-order valence-corrected chi connectivity index (χ1v) is 11.7. The Morgan fingerprint density at radius 3 is 1.94 bits per heavy atom. The van der Waals surface area contributed by atoms with E-state index in [1.807, 2.05) is 55.5 Å². The Labute approximate surface area is 199 Å². The number of hydrogen-bond acceptors (Lipinski definition) is 4. The standard InChI is InChI=1S/C29H27NO4/c1-17-12-14-18(15-13-17)16-30-26(31)24-23-19-8-4-6-10-21(19)29(25(24)27(30)32,28(33-2)34-3)22-11-7-5-9-20(22)23/h4-15,23-25,28H,16H2,1-3H3/t23?,24-,25-,29?/m1/s1. The van der Waals surface area contributed by atoms with Crippen molar-refractivity contribution in [2.75, 3.05) is 14.2 Å². The van der Waals surface area contributed by atoms with Gasteiger partial charge < -0.3 is 9.47 Å². The molecule has 1 aliphatic heterocycles. The quantitative estimate of drug-likeness (QED) is 0.430. The molecule has 1 saturated heterocycles. The first kappa shape index (κ1) is 21.3. The van der Waals surface area contributed by atoms with Crippen LogP contribution in [0, 0.1) is 18.8 Å². The Balaban J connectivity index is 1.58. The van der Waals surface area contributed by atoms with E-state index in [0.29, 0.717) is 0 Å². The summed E-state index contributed by atoms with van der Waals surface area (Å²) >= 11 is 0. The maximum absolute atomic E-state index is 14.2. The second kappa shape index (κ2) is 7.62. The van der Waals surface area contributed by atoms with Crippen molar-refractivity contribution in [3.05, 3.63) is 106 Å². The van der Waals surface area contributed by atoms with Gasteiger partial charge >= 0.3 is 0 Å². The fraction of sp³-hybridized carbons (Fsp3) is 0.310. The first-order chi connectivity index (χ1) is 16.5. The minimum Gasteiger partial charge on any atom is -0.355 e. The summed E-state index contributed by atoms with van der Waals surface area (Å²) in [7, 11) is 3.21. The molecule has 0 aromatic heterocycles. The van der Waals surface area contributed by atoms with Gasteiger partial charge in [0.1, 0.15) is 0 Å². The van der Waals surface area contributed by atoms with E-state index in [2.05, 4.69) is 24.3 Å². The lowest BCUT2D eigenvalue weighted by molar-refractivity contribution is -0.169. The van der Waals surface area contributed by atoms with Crippen molar-refractivity contribution in [2.45, 2.75) is 31.1 Å². The Morgan fingerprint density at radius 1 is 0.824 bits per heavy atom. The molecular formula is C29H27NO4. The number of ether oxygens (including phenoxy) is 2. The highest BCUT2D eigenvalue weighted by Crippen LogP contribution is 2.65. The zero-order valence-corrected chi connectivity index (χ0v) is 19.5. The summed E-state index contributed by atoms with van der Waals surface area (Å²) in [5, 5.41) is 0. The zero-order valence-electron chi connectivity index (χ0n) is 19.5. The summed E-state index contributed by atoms with van der Waals surface area (Å²) < 4.78 is 11.9. The third kappa shape index (κ3) is 2.57. The minimum absolute atomic E-state index is 0.111. The van der Waals surface area contributed by atoms with E-state index in [1.165, 1.54) is 4.90 Å². The van der Waals surface area contributed by atoms with Crippen molar-refractivity contribution in [1.82, 2.24) is 4.90 Å². The molecule has 3 aliphatic carbocycles. The minimum atomic E-state index is -0.912. The van der Waals surface area contributed by atoms with Crippen LogP contribution in [0.1, 0.15) is 39.3 Å². The topological polar surface area (TPSA) is 55.8 Å². The fourth-order valence-electron chi connectivity index (χ4n) is 6.79. The number of hydrogen-bond donors (Lipinski definition) is 0. The number of methoxy groups -OCH3 is 2. The summed E-state index contributed by atoms with van der Waals surface area (Å²) in [6.07, 6.45) is -0.723. The van der Waals surface area contributed by atoms with E-state index in [4.69, 9.17) is 9.47 Å². The van der Waals surface area contributed by atoms with Crippen LogP contribution in [0.15, 0.2) is 72.8 Å². The average molecular weight is 454 g/mol. The van der Waals surface area contributed by atoms with Crippen molar-refractivity contribution in [1.29, 1.82) is 0 Å². The van der Waals surface area contributed by atoms with Gasteiger partial charge in [-0.1, -0.05) is 78.4 Å². The molecule has 3 aromatic rings. The summed E-state index contributed by atoms with van der Waals surface area (Å²) in [4.78, 5) is 29.6. The monoisotopic (exact) mass is 453 g/mol. The molecule has 172 valence electrons. The SMILES string of the molecule is COC(OC)C12c3ccccc3C(c3ccccc31)[C@H]1C(=O)N(Cc3ccc(C)cc3)C(=O)[C@@H]12. The predicted octanol–water partition coefficient (Wildman–Crippen LogP) is 4.16. The lowest BCUT2D eigenvalue weighted by Crippen LogP contribution is -2.60. The number of likely N-dealkylation sites (tertiary alicyclic amines) is 1. The highest BCUT2D eigenvalue weighted by molar-refractivity contribution is 6.08. The molecule has 1 heterocycles. The van der Waals surface area contributed by atoms with E-state index in [0.717, 1.165) is 33.4 Å². The van der Waals surface area contributed by atoms with Crippen LogP contribution >= 0.6 is 0 Å². The summed E-state index contributed by atoms with van der Waals surface area (Å²) in [6.45, 7) is 2.29. The summed E-state index contributed by atoms with van der Waals surface area (Å²) in [5.41, 5.74) is 5.38. The van der Waals surface area contributed by atoms with E-state index >= 15 is 0 Å². The molecule has 34 heavy (non-hydrogen) atoms. The number of carbonyl (C=O) groups is 2. The van der Waals surface area contributed by atoms with Gasteiger partial charge in [-0.25, -0.2) is 0 Å². The Bertz CT molecular complexity index is 1250. The maximum Gasteiger partial charge on any atom is 0.234 e. The lowest BCUT2D eigenvalue weighted by Gasteiger charge is -2.56. The van der Waals surface area contributed by atoms with Gasteiger partial charge in [0.05, 0.1) is 23.8 Å². The van der Waals surface area contributed by atoms with Gasteiger partial charge in [0.2, 0.25) is 11.8 Å². The molecule has 5 heteroatoms. The molecule has 7 rings (SSSR count). The smallest absolute Gasteiger partial charge is 0.234 e. The lowest BCUT2D eigenvalue weighted by atomic mass is 9.47. The van der Waals surface area contributed by atoms with Crippen LogP contribution in [0.25, 0.3) is 0 Å². The van der Waals surface area contributed by atoms with E-state index < -0.39 is 23.5 Å². The number of carbonyl (C=O) groups excluding carboxylic acids is 2. The van der Waals surface area contributed by atoms with Gasteiger partial charge in [-0.15, -0.1) is 0 Å². The summed E-state index contributed by atoms with van der Waals surface area (Å²) in [6, 6.07) is 24.3. The van der Waals surface area contributed by atoms with Crippen LogP contribution < -0.4 is 0 Å². The predicted molar refractivity (Wildman–Crippen MR) is 127 cm³/mol. The molecule has 0 radical (unpaired) electrons. The molecule has 0 spiro atoms. The van der Waals surface area contributed by atoms with Crippen LogP contribution in [0.2, 0.25) is 0 Å². The molecule has 5 nitrogen and oxygen atoms in total. The van der Waals surface area contributed by atoms with E-state index in [-0.39, 0.29) is 24.3 Å². The van der Waals surface area contributed by atoms with E-state index in [1.54, 1.807) is 14.2 Å². The molecule has 3 aromatic carbocycles. The van der Waals surface area contributed by atoms with Gasteiger partial charge in [-0.05, 0) is 34.7 Å². The van der Waals surface area contributed by atoms with Crippen molar-refractivity contribution >= 4 is 11.8 Å². The number of nitrogens with zero attached hydrogens (tertiary/aromatic N) is 1. The average Bonchev–Trinajstić information content (AvgIpc) is 3.12. The van der Waals surface area contributed by atoms with Gasteiger partial charge in [-0.3, -0.25) is 14.5 Å². The Morgan fingerprint density at radius 2 is 1.38 bits per heavy atom. The highest BCUT2D eigenvalue weighted by Gasteiger charge is 2.70. The van der Waals surface area contributed by atoms with Gasteiger partial charge in [-0.2, -0.15) is 0 Å². The third-order valence-electron chi connectivity index (χ3n) is 8.04. The zero-order chi connectivity index (χ0) is 23.6. The number of amides is 2. The fourth-order valence-corrected chi connectivity index (χ4v) is 6.79. The molecule has 0 N–H and O–H groups in total. The van der Waals surface area contributed by atoms with Crippen molar-refractivity contribution in [3.8, 4) is 0 Å². The summed E-state index contributed by atoms with van der Waals surface area (Å²) in [5.74, 6) is -1.52. The number of benzene rings is 3. The molecule has 0 saturated carbocycles. The van der Waals surface area contributed by atoms with Crippen molar-refractivity contribution < 1.29 is 19.1 Å². The largest absolute Gasteiger partial charge is 0.355 e. The van der Waals surface area contributed by atoms with Crippen molar-refractivity contribution in [2.24, 2.45) is 11.8 Å². The highest BCUT2D eigenvalue weighted by atomic mass is 16.7. The maximum atomic E-state index is 14.2. The molecule has 2 amide bonds. The van der Waals surface area contributed by atoms with Gasteiger partial charge in [0.25, 0.3) is 0 Å². The van der Waals surface area contributed by atoms with Crippen LogP contribution in [-0.2, 0) is 31.0 Å². The first-order valence-electron chi connectivity index (χ1n) is 11.7. The third-order valence-corrected chi connectivity index (χ3v) is 8.04. The number of rotatable bonds is 5. The molecular weight excluding hydrogens is 426 g/mol. The van der Waals surface area contributed by atoms with Crippen LogP contribution in [0.4, 0.5) is 0 Å². The van der Waals surface area contributed by atoms with Crippen molar-refractivity contribution in [3.63, 3.8) is 0 Å². The Kier molecular flexibility index (Phi) is 4.77. The van der Waals surface area contributed by atoms with Crippen LogP contribution in [-0.4, -0.2) is 37.2 Å². The second-order valence-electron chi connectivity index (χ2n) is 9.58. The molecule has 4 aliphatic rings. The van der Waals surface area contributed by atoms with Crippen LogP contribution in [0.3, 0.4) is 0 Å². The van der Waals surface area contributed by atoms with Gasteiger partial charge in [0.15, 0.2) is 6.29 Å². The molecule has 0 unspecified atom stereocenters.